The Morgan fingerprint density at radius 2 is 1.76 bits per heavy atom. The minimum Gasteiger partial charge on any atom is -0.454 e. The van der Waals surface area contributed by atoms with E-state index in [2.05, 4.69) is 0 Å². The van der Waals surface area contributed by atoms with Gasteiger partial charge in [0.25, 0.3) is 0 Å². The van der Waals surface area contributed by atoms with Gasteiger partial charge < -0.3 is 4.74 Å². The van der Waals surface area contributed by atoms with E-state index in [1.807, 2.05) is 0 Å². The van der Waals surface area contributed by atoms with E-state index in [0.29, 0.717) is 0 Å². The van der Waals surface area contributed by atoms with Crippen molar-refractivity contribution in [3.63, 3.8) is 0 Å². The Balaban J connectivity index is 2.31. The summed E-state index contributed by atoms with van der Waals surface area (Å²) in [7, 11) is 0. The second kappa shape index (κ2) is 4.86. The van der Waals surface area contributed by atoms with Gasteiger partial charge in [0, 0.05) is 6.92 Å². The smallest absolute Gasteiger partial charge is 0.303 e. The van der Waals surface area contributed by atoms with Crippen LogP contribution in [0.15, 0.2) is 24.3 Å². The molecule has 0 heterocycles. The van der Waals surface area contributed by atoms with Crippen LogP contribution < -0.4 is 0 Å². The van der Waals surface area contributed by atoms with Crippen LogP contribution in [0.5, 0.6) is 0 Å². The van der Waals surface area contributed by atoms with Gasteiger partial charge in [-0.2, -0.15) is 0 Å². The molecular formula is C14H17FO2. The summed E-state index contributed by atoms with van der Waals surface area (Å²) in [6.45, 7) is 1.43. The topological polar surface area (TPSA) is 26.3 Å². The Hall–Kier alpha value is -1.38. The normalized spacial score (nSPS) is 18.7. The molecule has 1 saturated carbocycles. The first-order valence-corrected chi connectivity index (χ1v) is 6.08. The maximum absolute atomic E-state index is 12.9. The number of ether oxygens (including phenoxy) is 1. The van der Waals surface area contributed by atoms with Crippen LogP contribution in [0.4, 0.5) is 4.39 Å². The van der Waals surface area contributed by atoms with E-state index >= 15 is 0 Å². The summed E-state index contributed by atoms with van der Waals surface area (Å²) < 4.78 is 18.5. The van der Waals surface area contributed by atoms with Crippen molar-refractivity contribution in [3.8, 4) is 0 Å². The van der Waals surface area contributed by atoms with Gasteiger partial charge in [-0.05, 0) is 43.4 Å². The fraction of sp³-hybridized carbons (Fsp3) is 0.500. The average molecular weight is 236 g/mol. The van der Waals surface area contributed by atoms with Crippen LogP contribution in [0.2, 0.25) is 0 Å². The summed E-state index contributed by atoms with van der Waals surface area (Å²) in [4.78, 5) is 11.3. The molecule has 0 bridgehead atoms. The molecular weight excluding hydrogens is 219 g/mol. The molecule has 2 rings (SSSR count). The fourth-order valence-corrected chi connectivity index (χ4v) is 2.60. The summed E-state index contributed by atoms with van der Waals surface area (Å²) in [5.74, 6) is -0.529. The van der Waals surface area contributed by atoms with Gasteiger partial charge in [0.05, 0.1) is 0 Å². The van der Waals surface area contributed by atoms with Crippen LogP contribution in [0.25, 0.3) is 0 Å². The Morgan fingerprint density at radius 3 is 2.29 bits per heavy atom. The van der Waals surface area contributed by atoms with Crippen molar-refractivity contribution in [1.82, 2.24) is 0 Å². The molecule has 0 spiro atoms. The lowest BCUT2D eigenvalue weighted by Crippen LogP contribution is -2.34. The number of benzene rings is 1. The van der Waals surface area contributed by atoms with Crippen LogP contribution in [-0.4, -0.2) is 5.97 Å². The van der Waals surface area contributed by atoms with Crippen LogP contribution in [-0.2, 0) is 15.1 Å². The number of halogens is 1. The second-order valence-corrected chi connectivity index (χ2v) is 4.66. The van der Waals surface area contributed by atoms with E-state index in [1.165, 1.54) is 25.5 Å². The van der Waals surface area contributed by atoms with Gasteiger partial charge in [-0.3, -0.25) is 4.79 Å². The lowest BCUT2D eigenvalue weighted by atomic mass is 9.79. The summed E-state index contributed by atoms with van der Waals surface area (Å²) in [5.41, 5.74) is 0.381. The molecule has 0 N–H and O–H groups in total. The highest BCUT2D eigenvalue weighted by atomic mass is 19.1. The summed E-state index contributed by atoms with van der Waals surface area (Å²) >= 11 is 0. The van der Waals surface area contributed by atoms with Gasteiger partial charge in [0.1, 0.15) is 11.4 Å². The van der Waals surface area contributed by atoms with E-state index in [4.69, 9.17) is 4.74 Å². The van der Waals surface area contributed by atoms with E-state index in [9.17, 15) is 9.18 Å². The zero-order valence-electron chi connectivity index (χ0n) is 10.0. The minimum atomic E-state index is -0.530. The van der Waals surface area contributed by atoms with Crippen LogP contribution in [0, 0.1) is 5.82 Å². The molecule has 0 amide bonds. The molecule has 0 unspecified atom stereocenters. The molecule has 92 valence electrons. The van der Waals surface area contributed by atoms with Gasteiger partial charge >= 0.3 is 5.97 Å². The number of esters is 1. The highest BCUT2D eigenvalue weighted by Gasteiger charge is 2.36. The predicted octanol–water partition coefficient (Wildman–Crippen LogP) is 3.55. The highest BCUT2D eigenvalue weighted by Crippen LogP contribution is 2.40. The molecule has 1 fully saturated rings. The molecule has 0 atom stereocenters. The Bertz CT molecular complexity index is 391. The first-order valence-electron chi connectivity index (χ1n) is 6.08. The molecule has 0 radical (unpaired) electrons. The van der Waals surface area contributed by atoms with E-state index in [0.717, 1.165) is 31.2 Å². The zero-order chi connectivity index (χ0) is 12.3. The third-order valence-electron chi connectivity index (χ3n) is 3.37. The first-order chi connectivity index (χ1) is 8.12. The largest absolute Gasteiger partial charge is 0.454 e. The maximum atomic E-state index is 12.9. The number of rotatable bonds is 2. The number of hydrogen-bond acceptors (Lipinski definition) is 2. The SMILES string of the molecule is CC(=O)OC1(c2ccc(F)cc2)CCCCC1. The molecule has 0 aliphatic heterocycles. The van der Waals surface area contributed by atoms with Gasteiger partial charge in [-0.25, -0.2) is 4.39 Å². The van der Waals surface area contributed by atoms with Gasteiger partial charge in [0.15, 0.2) is 0 Å². The molecule has 17 heavy (non-hydrogen) atoms. The van der Waals surface area contributed by atoms with Crippen LogP contribution in [0.3, 0.4) is 0 Å². The molecule has 1 aromatic carbocycles. The summed E-state index contributed by atoms with van der Waals surface area (Å²) in [6.07, 6.45) is 4.93. The quantitative estimate of drug-likeness (QED) is 0.734. The van der Waals surface area contributed by atoms with E-state index in [-0.39, 0.29) is 11.8 Å². The first kappa shape index (κ1) is 12.1. The van der Waals surface area contributed by atoms with E-state index in [1.54, 1.807) is 12.1 Å². The summed E-state index contributed by atoms with van der Waals surface area (Å²) in [5, 5.41) is 0. The van der Waals surface area contributed by atoms with Gasteiger partial charge in [-0.1, -0.05) is 18.6 Å². The average Bonchev–Trinajstić information content (AvgIpc) is 2.30. The Labute approximate surface area is 101 Å². The van der Waals surface area contributed by atoms with Crippen molar-refractivity contribution in [2.75, 3.05) is 0 Å². The highest BCUT2D eigenvalue weighted by molar-refractivity contribution is 5.66. The van der Waals surface area contributed by atoms with Crippen molar-refractivity contribution in [3.05, 3.63) is 35.6 Å². The van der Waals surface area contributed by atoms with Crippen LogP contribution >= 0.6 is 0 Å². The number of hydrogen-bond donors (Lipinski definition) is 0. The summed E-state index contributed by atoms with van der Waals surface area (Å²) in [6, 6.07) is 6.30. The molecule has 1 aliphatic rings. The van der Waals surface area contributed by atoms with Crippen molar-refractivity contribution in [1.29, 1.82) is 0 Å². The second-order valence-electron chi connectivity index (χ2n) is 4.66. The molecule has 1 aliphatic carbocycles. The number of carbonyl (C=O) groups excluding carboxylic acids is 1. The third kappa shape index (κ3) is 2.65. The maximum Gasteiger partial charge on any atom is 0.303 e. The monoisotopic (exact) mass is 236 g/mol. The zero-order valence-corrected chi connectivity index (χ0v) is 10.0. The van der Waals surface area contributed by atoms with Crippen molar-refractivity contribution < 1.29 is 13.9 Å². The molecule has 3 heteroatoms. The minimum absolute atomic E-state index is 0.262. The lowest BCUT2D eigenvalue weighted by molar-refractivity contribution is -0.162. The van der Waals surface area contributed by atoms with Crippen molar-refractivity contribution in [2.45, 2.75) is 44.6 Å². The molecule has 0 aromatic heterocycles. The Morgan fingerprint density at radius 1 is 1.18 bits per heavy atom. The number of carbonyl (C=O) groups is 1. The molecule has 1 aromatic rings. The molecule has 2 nitrogen and oxygen atoms in total. The standard InChI is InChI=1S/C14H17FO2/c1-11(16)17-14(9-3-2-4-10-14)12-5-7-13(15)8-6-12/h5-8H,2-4,9-10H2,1H3. The molecule has 0 saturated heterocycles. The van der Waals surface area contributed by atoms with Crippen molar-refractivity contribution in [2.24, 2.45) is 0 Å². The van der Waals surface area contributed by atoms with E-state index < -0.39 is 5.60 Å². The van der Waals surface area contributed by atoms with Crippen molar-refractivity contribution >= 4 is 5.97 Å². The Kier molecular flexibility index (Phi) is 3.46. The lowest BCUT2D eigenvalue weighted by Gasteiger charge is -2.37. The van der Waals surface area contributed by atoms with Gasteiger partial charge in [0.2, 0.25) is 0 Å². The third-order valence-corrected chi connectivity index (χ3v) is 3.37. The fourth-order valence-electron chi connectivity index (χ4n) is 2.60. The van der Waals surface area contributed by atoms with Crippen LogP contribution in [0.1, 0.15) is 44.6 Å². The predicted molar refractivity (Wildman–Crippen MR) is 62.9 cm³/mol. The van der Waals surface area contributed by atoms with Gasteiger partial charge in [-0.15, -0.1) is 0 Å².